The lowest BCUT2D eigenvalue weighted by atomic mass is 9.88. The molecule has 132 valence electrons. The average Bonchev–Trinajstić information content (AvgIpc) is 2.72. The molecule has 0 atom stereocenters. The summed E-state index contributed by atoms with van der Waals surface area (Å²) in [7, 11) is 0. The van der Waals surface area contributed by atoms with Crippen molar-refractivity contribution in [2.24, 2.45) is 0 Å². The summed E-state index contributed by atoms with van der Waals surface area (Å²) in [5.74, 6) is 0.295. The molecule has 1 N–H and O–H groups in total. The van der Waals surface area contributed by atoms with Crippen LogP contribution in [0.2, 0.25) is 0 Å². The van der Waals surface area contributed by atoms with Crippen LogP contribution in [0, 0.1) is 0 Å². The Bertz CT molecular complexity index is 1000. The third kappa shape index (κ3) is 4.09. The molecule has 0 fully saturated rings. The van der Waals surface area contributed by atoms with E-state index in [1.165, 1.54) is 27.8 Å². The second-order valence-corrected chi connectivity index (χ2v) is 6.81. The third-order valence-electron chi connectivity index (χ3n) is 4.91. The van der Waals surface area contributed by atoms with Gasteiger partial charge in [0, 0.05) is 0 Å². The molecule has 4 aromatic carbocycles. The van der Waals surface area contributed by atoms with Crippen molar-refractivity contribution in [1.29, 1.82) is 0 Å². The van der Waals surface area contributed by atoms with Crippen LogP contribution < -0.4 is 0 Å². The Balaban J connectivity index is 1.80. The molecular formula is C26H22O. The van der Waals surface area contributed by atoms with Crippen molar-refractivity contribution in [3.63, 3.8) is 0 Å². The van der Waals surface area contributed by atoms with Gasteiger partial charge >= 0.3 is 0 Å². The summed E-state index contributed by atoms with van der Waals surface area (Å²) in [5, 5.41) is 9.66. The molecule has 0 aliphatic heterocycles. The van der Waals surface area contributed by atoms with Gasteiger partial charge in [0.1, 0.15) is 5.75 Å². The molecule has 0 saturated carbocycles. The van der Waals surface area contributed by atoms with Crippen molar-refractivity contribution < 1.29 is 5.11 Å². The highest BCUT2D eigenvalue weighted by molar-refractivity contribution is 5.70. The van der Waals surface area contributed by atoms with E-state index in [0.29, 0.717) is 5.75 Å². The van der Waals surface area contributed by atoms with Crippen LogP contribution >= 0.6 is 0 Å². The van der Waals surface area contributed by atoms with Gasteiger partial charge in [-0.15, -0.1) is 0 Å². The van der Waals surface area contributed by atoms with Crippen LogP contribution in [0.3, 0.4) is 0 Å². The molecule has 1 heteroatoms. The monoisotopic (exact) mass is 350 g/mol. The van der Waals surface area contributed by atoms with E-state index in [-0.39, 0.29) is 0 Å². The molecule has 0 aliphatic rings. The van der Waals surface area contributed by atoms with Crippen molar-refractivity contribution in [1.82, 2.24) is 0 Å². The highest BCUT2D eigenvalue weighted by Gasteiger charge is 2.12. The summed E-state index contributed by atoms with van der Waals surface area (Å²) in [5.41, 5.74) is 7.67. The predicted octanol–water partition coefficient (Wildman–Crippen LogP) is 6.24. The van der Waals surface area contributed by atoms with Crippen LogP contribution in [0.5, 0.6) is 5.75 Å². The number of phenolic OH excluding ortho intramolecular Hbond substituents is 1. The van der Waals surface area contributed by atoms with Crippen molar-refractivity contribution in [2.75, 3.05) is 0 Å². The number of hydrogen-bond acceptors (Lipinski definition) is 1. The molecule has 0 aromatic heterocycles. The van der Waals surface area contributed by atoms with Crippen LogP contribution in [0.4, 0.5) is 0 Å². The Morgan fingerprint density at radius 3 is 1.74 bits per heavy atom. The van der Waals surface area contributed by atoms with Gasteiger partial charge in [-0.3, -0.25) is 0 Å². The van der Waals surface area contributed by atoms with Crippen LogP contribution in [0.15, 0.2) is 103 Å². The zero-order valence-corrected chi connectivity index (χ0v) is 15.2. The molecule has 1 nitrogen and oxygen atoms in total. The van der Waals surface area contributed by atoms with Crippen molar-refractivity contribution in [2.45, 2.75) is 12.8 Å². The first-order chi connectivity index (χ1) is 13.3. The van der Waals surface area contributed by atoms with Crippen LogP contribution in [0.1, 0.15) is 22.3 Å². The molecule has 0 radical (unpaired) electrons. The Kier molecular flexibility index (Phi) is 5.02. The lowest BCUT2D eigenvalue weighted by Gasteiger charge is -2.16. The maximum atomic E-state index is 9.66. The number of benzene rings is 4. The Morgan fingerprint density at radius 1 is 0.519 bits per heavy atom. The number of aromatic hydroxyl groups is 1. The van der Waals surface area contributed by atoms with Gasteiger partial charge in [0.05, 0.1) is 0 Å². The van der Waals surface area contributed by atoms with Crippen molar-refractivity contribution in [3.05, 3.63) is 125 Å². The van der Waals surface area contributed by atoms with E-state index in [1.807, 2.05) is 12.1 Å². The summed E-state index contributed by atoms with van der Waals surface area (Å²) in [6.45, 7) is 0. The molecule has 0 saturated heterocycles. The van der Waals surface area contributed by atoms with Gasteiger partial charge in [0.15, 0.2) is 0 Å². The quantitative estimate of drug-likeness (QED) is 0.451. The lowest BCUT2D eigenvalue weighted by Crippen LogP contribution is -2.00. The number of hydrogen-bond donors (Lipinski definition) is 1. The van der Waals surface area contributed by atoms with Gasteiger partial charge in [-0.05, 0) is 58.4 Å². The number of phenols is 1. The van der Waals surface area contributed by atoms with E-state index in [1.54, 1.807) is 12.1 Å². The number of rotatable bonds is 5. The van der Waals surface area contributed by atoms with E-state index in [4.69, 9.17) is 0 Å². The summed E-state index contributed by atoms with van der Waals surface area (Å²) in [4.78, 5) is 0. The molecule has 0 amide bonds. The zero-order valence-electron chi connectivity index (χ0n) is 15.2. The Hall–Kier alpha value is -3.32. The second-order valence-electron chi connectivity index (χ2n) is 6.81. The fraction of sp³-hybridized carbons (Fsp3) is 0.0769. The molecule has 4 aromatic rings. The normalized spacial score (nSPS) is 10.7. The van der Waals surface area contributed by atoms with Crippen LogP contribution in [-0.4, -0.2) is 5.11 Å². The van der Waals surface area contributed by atoms with Gasteiger partial charge in [-0.25, -0.2) is 0 Å². The highest BCUT2D eigenvalue weighted by atomic mass is 16.3. The molecule has 0 heterocycles. The van der Waals surface area contributed by atoms with Gasteiger partial charge < -0.3 is 5.11 Å². The van der Waals surface area contributed by atoms with E-state index >= 15 is 0 Å². The largest absolute Gasteiger partial charge is 0.508 e. The van der Waals surface area contributed by atoms with Gasteiger partial charge in [0.2, 0.25) is 0 Å². The van der Waals surface area contributed by atoms with Crippen LogP contribution in [0.25, 0.3) is 11.1 Å². The zero-order chi connectivity index (χ0) is 18.5. The third-order valence-corrected chi connectivity index (χ3v) is 4.91. The fourth-order valence-corrected chi connectivity index (χ4v) is 3.54. The maximum absolute atomic E-state index is 9.66. The SMILES string of the molecule is Oc1ccc(-c2cccc(Cc3ccccc3)c2Cc2ccccc2)cc1. The van der Waals surface area contributed by atoms with E-state index in [0.717, 1.165) is 18.4 Å². The van der Waals surface area contributed by atoms with E-state index in [2.05, 4.69) is 78.9 Å². The minimum atomic E-state index is 0.295. The van der Waals surface area contributed by atoms with Gasteiger partial charge in [0.25, 0.3) is 0 Å². The van der Waals surface area contributed by atoms with Crippen molar-refractivity contribution in [3.8, 4) is 16.9 Å². The first-order valence-corrected chi connectivity index (χ1v) is 9.27. The molecule has 0 bridgehead atoms. The molecular weight excluding hydrogens is 328 g/mol. The summed E-state index contributed by atoms with van der Waals surface area (Å²) in [6.07, 6.45) is 1.80. The summed E-state index contributed by atoms with van der Waals surface area (Å²) < 4.78 is 0. The van der Waals surface area contributed by atoms with E-state index < -0.39 is 0 Å². The van der Waals surface area contributed by atoms with E-state index in [9.17, 15) is 5.11 Å². The smallest absolute Gasteiger partial charge is 0.115 e. The fourth-order valence-electron chi connectivity index (χ4n) is 3.54. The maximum Gasteiger partial charge on any atom is 0.115 e. The molecule has 4 rings (SSSR count). The highest BCUT2D eigenvalue weighted by Crippen LogP contribution is 2.31. The minimum Gasteiger partial charge on any atom is -0.508 e. The average molecular weight is 350 g/mol. The summed E-state index contributed by atoms with van der Waals surface area (Å²) in [6, 6.07) is 35.2. The first kappa shape index (κ1) is 17.1. The first-order valence-electron chi connectivity index (χ1n) is 9.27. The molecule has 0 spiro atoms. The lowest BCUT2D eigenvalue weighted by molar-refractivity contribution is 0.475. The summed E-state index contributed by atoms with van der Waals surface area (Å²) >= 11 is 0. The second kappa shape index (κ2) is 7.92. The predicted molar refractivity (Wildman–Crippen MR) is 112 cm³/mol. The van der Waals surface area contributed by atoms with Crippen molar-refractivity contribution >= 4 is 0 Å². The molecule has 0 aliphatic carbocycles. The Morgan fingerprint density at radius 2 is 1.11 bits per heavy atom. The van der Waals surface area contributed by atoms with Gasteiger partial charge in [-0.1, -0.05) is 91.0 Å². The Labute approximate surface area is 160 Å². The molecule has 0 unspecified atom stereocenters. The minimum absolute atomic E-state index is 0.295. The topological polar surface area (TPSA) is 20.2 Å². The van der Waals surface area contributed by atoms with Crippen LogP contribution in [-0.2, 0) is 12.8 Å². The standard InChI is InChI=1S/C26H22O/c27-24-16-14-22(15-17-24)25-13-7-12-23(18-20-8-3-1-4-9-20)26(25)19-21-10-5-2-6-11-21/h1-17,27H,18-19H2. The van der Waals surface area contributed by atoms with Gasteiger partial charge in [-0.2, -0.15) is 0 Å². The molecule has 27 heavy (non-hydrogen) atoms.